The minimum absolute atomic E-state index is 0.218. The number of carboxylic acids is 1. The van der Waals surface area contributed by atoms with Crippen LogP contribution in [0.4, 0.5) is 5.00 Å². The molecular formula is C17H16N3O5S-. The molecule has 0 saturated heterocycles. The van der Waals surface area contributed by atoms with Crippen LogP contribution in [-0.2, 0) is 17.6 Å². The SMILES string of the molecule is CCOC(=O)c1c(NC(=O)c2nccnc2C(=O)[O-])sc2c1CCCC2. The third kappa shape index (κ3) is 3.43. The molecule has 0 bridgehead atoms. The fourth-order valence-electron chi connectivity index (χ4n) is 2.89. The van der Waals surface area contributed by atoms with E-state index in [1.165, 1.54) is 17.5 Å². The zero-order chi connectivity index (χ0) is 18.7. The zero-order valence-electron chi connectivity index (χ0n) is 14.0. The van der Waals surface area contributed by atoms with Gasteiger partial charge in [-0.3, -0.25) is 9.78 Å². The molecule has 1 N–H and O–H groups in total. The summed E-state index contributed by atoms with van der Waals surface area (Å²) in [6.07, 6.45) is 5.93. The Morgan fingerprint density at radius 2 is 1.88 bits per heavy atom. The van der Waals surface area contributed by atoms with E-state index in [9.17, 15) is 19.5 Å². The molecule has 9 heteroatoms. The number of ether oxygens (including phenoxy) is 1. The van der Waals surface area contributed by atoms with Crippen molar-refractivity contribution in [2.75, 3.05) is 11.9 Å². The standard InChI is InChI=1S/C17H17N3O5S/c1-2-25-17(24)11-9-5-3-4-6-10(9)26-15(11)20-14(21)12-13(16(22)23)19-8-7-18-12/h7-8H,2-6H2,1H3,(H,20,21)(H,22,23)/p-1. The maximum atomic E-state index is 12.5. The number of amides is 1. The van der Waals surface area contributed by atoms with Gasteiger partial charge in [-0.15, -0.1) is 11.3 Å². The highest BCUT2D eigenvalue weighted by molar-refractivity contribution is 7.17. The van der Waals surface area contributed by atoms with Crippen LogP contribution in [-0.4, -0.2) is 34.4 Å². The van der Waals surface area contributed by atoms with Crippen LogP contribution in [0.25, 0.3) is 0 Å². The number of aromatic carboxylic acids is 1. The molecule has 3 rings (SSSR count). The first-order valence-corrected chi connectivity index (χ1v) is 9.00. The molecule has 0 fully saturated rings. The first-order valence-electron chi connectivity index (χ1n) is 8.18. The summed E-state index contributed by atoms with van der Waals surface area (Å²) in [5.74, 6) is -2.86. The Morgan fingerprint density at radius 3 is 2.58 bits per heavy atom. The number of nitrogens with one attached hydrogen (secondary N) is 1. The van der Waals surface area contributed by atoms with Crippen molar-refractivity contribution in [1.82, 2.24) is 9.97 Å². The summed E-state index contributed by atoms with van der Waals surface area (Å²) >= 11 is 1.31. The normalized spacial score (nSPS) is 13.0. The summed E-state index contributed by atoms with van der Waals surface area (Å²) in [6.45, 7) is 1.93. The van der Waals surface area contributed by atoms with Crippen molar-refractivity contribution in [3.8, 4) is 0 Å². The molecule has 0 radical (unpaired) electrons. The molecule has 136 valence electrons. The van der Waals surface area contributed by atoms with E-state index in [0.717, 1.165) is 42.3 Å². The average Bonchev–Trinajstić information content (AvgIpc) is 2.99. The summed E-state index contributed by atoms with van der Waals surface area (Å²) in [5.41, 5.74) is 0.325. The number of thiophene rings is 1. The number of esters is 1. The van der Waals surface area contributed by atoms with Crippen LogP contribution >= 0.6 is 11.3 Å². The second kappa shape index (κ2) is 7.61. The molecule has 2 aromatic rings. The maximum absolute atomic E-state index is 12.5. The van der Waals surface area contributed by atoms with Gasteiger partial charge in [-0.05, 0) is 38.2 Å². The predicted octanol–water partition coefficient (Wildman–Crippen LogP) is 1.21. The lowest BCUT2D eigenvalue weighted by Gasteiger charge is -2.12. The van der Waals surface area contributed by atoms with Gasteiger partial charge in [-0.1, -0.05) is 0 Å². The van der Waals surface area contributed by atoms with Crippen molar-refractivity contribution in [2.24, 2.45) is 0 Å². The summed E-state index contributed by atoms with van der Waals surface area (Å²) < 4.78 is 5.13. The van der Waals surface area contributed by atoms with Gasteiger partial charge in [0, 0.05) is 17.3 Å². The lowest BCUT2D eigenvalue weighted by molar-refractivity contribution is -0.255. The van der Waals surface area contributed by atoms with E-state index < -0.39 is 23.5 Å². The predicted molar refractivity (Wildman–Crippen MR) is 91.2 cm³/mol. The molecule has 0 aromatic carbocycles. The molecule has 0 atom stereocenters. The molecule has 26 heavy (non-hydrogen) atoms. The number of rotatable bonds is 5. The van der Waals surface area contributed by atoms with E-state index in [0.29, 0.717) is 10.6 Å². The van der Waals surface area contributed by atoms with E-state index in [1.54, 1.807) is 6.92 Å². The van der Waals surface area contributed by atoms with E-state index in [1.807, 2.05) is 0 Å². The Hall–Kier alpha value is -2.81. The number of aryl methyl sites for hydroxylation is 1. The van der Waals surface area contributed by atoms with Crippen LogP contribution in [0.2, 0.25) is 0 Å². The van der Waals surface area contributed by atoms with Crippen LogP contribution in [0.3, 0.4) is 0 Å². The first-order chi connectivity index (χ1) is 12.5. The monoisotopic (exact) mass is 374 g/mol. The van der Waals surface area contributed by atoms with E-state index in [4.69, 9.17) is 4.74 Å². The number of fused-ring (bicyclic) bond motifs is 1. The number of carbonyl (C=O) groups is 3. The van der Waals surface area contributed by atoms with Crippen molar-refractivity contribution in [1.29, 1.82) is 0 Å². The van der Waals surface area contributed by atoms with Gasteiger partial charge in [0.1, 0.15) is 10.7 Å². The number of anilines is 1. The quantitative estimate of drug-likeness (QED) is 0.781. The summed E-state index contributed by atoms with van der Waals surface area (Å²) in [5, 5.41) is 14.1. The summed E-state index contributed by atoms with van der Waals surface area (Å²) in [6, 6.07) is 0. The van der Waals surface area contributed by atoms with Crippen LogP contribution < -0.4 is 10.4 Å². The van der Waals surface area contributed by atoms with Gasteiger partial charge < -0.3 is 20.0 Å². The lowest BCUT2D eigenvalue weighted by Crippen LogP contribution is -2.28. The third-order valence-electron chi connectivity index (χ3n) is 3.98. The van der Waals surface area contributed by atoms with Gasteiger partial charge in [0.2, 0.25) is 0 Å². The van der Waals surface area contributed by atoms with Gasteiger partial charge >= 0.3 is 5.97 Å². The van der Waals surface area contributed by atoms with Crippen LogP contribution in [0.5, 0.6) is 0 Å². The zero-order valence-corrected chi connectivity index (χ0v) is 14.9. The fraction of sp³-hybridized carbons (Fsp3) is 0.353. The Morgan fingerprint density at radius 1 is 1.19 bits per heavy atom. The van der Waals surface area contributed by atoms with Crippen molar-refractivity contribution in [3.05, 3.63) is 39.8 Å². The largest absolute Gasteiger partial charge is 0.543 e. The smallest absolute Gasteiger partial charge is 0.341 e. The van der Waals surface area contributed by atoms with Crippen LogP contribution in [0.1, 0.15) is 61.5 Å². The second-order valence-corrected chi connectivity index (χ2v) is 6.74. The number of hydrogen-bond donors (Lipinski definition) is 1. The topological polar surface area (TPSA) is 121 Å². The maximum Gasteiger partial charge on any atom is 0.341 e. The molecule has 8 nitrogen and oxygen atoms in total. The number of carbonyl (C=O) groups excluding carboxylic acids is 3. The highest BCUT2D eigenvalue weighted by Crippen LogP contribution is 2.38. The van der Waals surface area contributed by atoms with Gasteiger partial charge in [0.25, 0.3) is 5.91 Å². The number of hydrogen-bond acceptors (Lipinski definition) is 8. The third-order valence-corrected chi connectivity index (χ3v) is 5.19. The highest BCUT2D eigenvalue weighted by atomic mass is 32.1. The molecular weight excluding hydrogens is 358 g/mol. The molecule has 1 amide bonds. The molecule has 1 aliphatic carbocycles. The molecule has 0 unspecified atom stereocenters. The fourth-order valence-corrected chi connectivity index (χ4v) is 4.16. The molecule has 1 aliphatic rings. The Bertz CT molecular complexity index is 877. The Balaban J connectivity index is 1.97. The van der Waals surface area contributed by atoms with Gasteiger partial charge in [0.15, 0.2) is 5.69 Å². The lowest BCUT2D eigenvalue weighted by atomic mass is 9.95. The van der Waals surface area contributed by atoms with E-state index >= 15 is 0 Å². The van der Waals surface area contributed by atoms with Gasteiger partial charge in [-0.2, -0.15) is 0 Å². The molecule has 2 heterocycles. The Labute approximate surface area is 153 Å². The second-order valence-electron chi connectivity index (χ2n) is 5.63. The van der Waals surface area contributed by atoms with Crippen molar-refractivity contribution in [2.45, 2.75) is 32.6 Å². The van der Waals surface area contributed by atoms with Crippen molar-refractivity contribution < 1.29 is 24.2 Å². The molecule has 2 aromatic heterocycles. The van der Waals surface area contributed by atoms with Gasteiger partial charge in [-0.25, -0.2) is 9.78 Å². The van der Waals surface area contributed by atoms with Crippen LogP contribution in [0, 0.1) is 0 Å². The highest BCUT2D eigenvalue weighted by Gasteiger charge is 2.28. The number of carboxylic acid groups (broad SMARTS) is 1. The number of nitrogens with zero attached hydrogens (tertiary/aromatic N) is 2. The molecule has 0 aliphatic heterocycles. The first kappa shape index (κ1) is 18.0. The molecule has 0 spiro atoms. The molecule has 0 saturated carbocycles. The van der Waals surface area contributed by atoms with Crippen molar-refractivity contribution >= 4 is 34.2 Å². The summed E-state index contributed by atoms with van der Waals surface area (Å²) in [7, 11) is 0. The van der Waals surface area contributed by atoms with E-state index in [-0.39, 0.29) is 12.3 Å². The van der Waals surface area contributed by atoms with E-state index in [2.05, 4.69) is 15.3 Å². The summed E-state index contributed by atoms with van der Waals surface area (Å²) in [4.78, 5) is 44.5. The average molecular weight is 374 g/mol. The minimum atomic E-state index is -1.60. The van der Waals surface area contributed by atoms with Gasteiger partial charge in [0.05, 0.1) is 18.1 Å². The Kier molecular flexibility index (Phi) is 5.27. The number of aromatic nitrogens is 2. The van der Waals surface area contributed by atoms with Crippen molar-refractivity contribution in [3.63, 3.8) is 0 Å². The van der Waals surface area contributed by atoms with Crippen LogP contribution in [0.15, 0.2) is 12.4 Å². The minimum Gasteiger partial charge on any atom is -0.543 e.